The van der Waals surface area contributed by atoms with Crippen molar-refractivity contribution in [1.82, 2.24) is 15.2 Å². The molecule has 104 valence electrons. The number of nitrogens with zero attached hydrogens (tertiary/aromatic N) is 1. The zero-order valence-electron chi connectivity index (χ0n) is 11.1. The fraction of sp³-hybridized carbons (Fsp3) is 0.400. The fourth-order valence-electron chi connectivity index (χ4n) is 3.36. The van der Waals surface area contributed by atoms with E-state index in [1.165, 1.54) is 11.3 Å². The summed E-state index contributed by atoms with van der Waals surface area (Å²) >= 11 is 1.69. The molecule has 0 aromatic carbocycles. The summed E-state index contributed by atoms with van der Waals surface area (Å²) in [5.74, 6) is 0.747. The van der Waals surface area contributed by atoms with Gasteiger partial charge in [-0.05, 0) is 42.8 Å². The molecule has 2 aliphatic rings. The minimum atomic E-state index is -0.0212. The van der Waals surface area contributed by atoms with Gasteiger partial charge in [0.15, 0.2) is 0 Å². The second-order valence-corrected chi connectivity index (χ2v) is 6.64. The molecule has 1 aliphatic heterocycles. The number of carbonyl (C=O) groups is 1. The quantitative estimate of drug-likeness (QED) is 0.891. The number of hydrogen-bond acceptors (Lipinski definition) is 3. The van der Waals surface area contributed by atoms with E-state index in [0.717, 1.165) is 24.4 Å². The van der Waals surface area contributed by atoms with E-state index in [-0.39, 0.29) is 12.1 Å². The lowest BCUT2D eigenvalue weighted by atomic mass is 10.1. The summed E-state index contributed by atoms with van der Waals surface area (Å²) in [6, 6.07) is 6.82. The van der Waals surface area contributed by atoms with E-state index < -0.39 is 0 Å². The highest BCUT2D eigenvalue weighted by atomic mass is 32.1. The summed E-state index contributed by atoms with van der Waals surface area (Å²) < 4.78 is 1.65. The lowest BCUT2D eigenvalue weighted by Crippen LogP contribution is -2.48. The Morgan fingerprint density at radius 2 is 2.35 bits per heavy atom. The lowest BCUT2D eigenvalue weighted by molar-refractivity contribution is 0.234. The van der Waals surface area contributed by atoms with E-state index in [9.17, 15) is 4.79 Å². The van der Waals surface area contributed by atoms with Crippen molar-refractivity contribution in [1.29, 1.82) is 0 Å². The maximum absolute atomic E-state index is 12.3. The monoisotopic (exact) mass is 287 g/mol. The van der Waals surface area contributed by atoms with Gasteiger partial charge in [0, 0.05) is 34.9 Å². The molecule has 1 saturated heterocycles. The Kier molecular flexibility index (Phi) is 2.89. The molecule has 4 rings (SSSR count). The van der Waals surface area contributed by atoms with E-state index >= 15 is 0 Å². The maximum atomic E-state index is 12.3. The molecule has 2 aromatic rings. The molecule has 1 saturated carbocycles. The molecule has 4 nitrogen and oxygen atoms in total. The standard InChI is InChI=1S/C15H17N3OS/c19-15(17-13-7-10-6-12(13)16-8-10)18-4-3-11(9-18)14-2-1-5-20-14/h1-5,9-10,12-13,16H,6-8H2,(H,17,19). The molecule has 3 atom stereocenters. The zero-order valence-corrected chi connectivity index (χ0v) is 11.9. The third-order valence-electron chi connectivity index (χ3n) is 4.37. The van der Waals surface area contributed by atoms with Crippen LogP contribution in [0.3, 0.4) is 0 Å². The summed E-state index contributed by atoms with van der Waals surface area (Å²) in [5, 5.41) is 8.67. The SMILES string of the molecule is O=C(NC1CC2CNC1C2)n1ccc(-c2cccs2)c1. The van der Waals surface area contributed by atoms with Gasteiger partial charge in [0.25, 0.3) is 0 Å². The van der Waals surface area contributed by atoms with Gasteiger partial charge in [-0.15, -0.1) is 11.3 Å². The highest BCUT2D eigenvalue weighted by Crippen LogP contribution is 2.31. The third kappa shape index (κ3) is 2.07. The van der Waals surface area contributed by atoms with E-state index in [1.807, 2.05) is 29.9 Å². The summed E-state index contributed by atoms with van der Waals surface area (Å²) in [5.41, 5.74) is 1.10. The van der Waals surface area contributed by atoms with Crippen LogP contribution in [0, 0.1) is 5.92 Å². The highest BCUT2D eigenvalue weighted by molar-refractivity contribution is 7.13. The normalized spacial score (nSPS) is 27.9. The third-order valence-corrected chi connectivity index (χ3v) is 5.29. The van der Waals surface area contributed by atoms with Crippen molar-refractivity contribution in [3.05, 3.63) is 36.0 Å². The number of amides is 1. The molecule has 2 bridgehead atoms. The van der Waals surface area contributed by atoms with Crippen LogP contribution >= 0.6 is 11.3 Å². The molecule has 1 amide bonds. The summed E-state index contributed by atoms with van der Waals surface area (Å²) in [6.07, 6.45) is 6.06. The zero-order chi connectivity index (χ0) is 13.5. The van der Waals surface area contributed by atoms with Crippen molar-refractivity contribution >= 4 is 17.4 Å². The Hall–Kier alpha value is -1.59. The average molecular weight is 287 g/mol. The number of aromatic nitrogens is 1. The molecule has 0 spiro atoms. The Balaban J connectivity index is 1.46. The van der Waals surface area contributed by atoms with Crippen LogP contribution < -0.4 is 10.6 Å². The first-order chi connectivity index (χ1) is 9.79. The van der Waals surface area contributed by atoms with Crippen LogP contribution in [0.4, 0.5) is 4.79 Å². The number of nitrogens with one attached hydrogen (secondary N) is 2. The number of piperidine rings is 1. The molecule has 0 radical (unpaired) electrons. The van der Waals surface area contributed by atoms with Crippen LogP contribution in [-0.4, -0.2) is 29.2 Å². The first kappa shape index (κ1) is 12.2. The number of hydrogen-bond donors (Lipinski definition) is 2. The smallest absolute Gasteiger partial charge is 0.325 e. The van der Waals surface area contributed by atoms with Crippen molar-refractivity contribution in [3.8, 4) is 10.4 Å². The lowest BCUT2D eigenvalue weighted by Gasteiger charge is -2.23. The molecule has 3 unspecified atom stereocenters. The van der Waals surface area contributed by atoms with Crippen molar-refractivity contribution in [2.24, 2.45) is 5.92 Å². The van der Waals surface area contributed by atoms with E-state index in [4.69, 9.17) is 0 Å². The Morgan fingerprint density at radius 3 is 3.05 bits per heavy atom. The van der Waals surface area contributed by atoms with Gasteiger partial charge in [0.1, 0.15) is 0 Å². The van der Waals surface area contributed by atoms with Gasteiger partial charge >= 0.3 is 6.03 Å². The second-order valence-electron chi connectivity index (χ2n) is 5.69. The first-order valence-corrected chi connectivity index (χ1v) is 7.94. The van der Waals surface area contributed by atoms with Gasteiger partial charge in [0.2, 0.25) is 0 Å². The molecule has 3 heterocycles. The molecule has 2 fully saturated rings. The van der Waals surface area contributed by atoms with Crippen LogP contribution in [-0.2, 0) is 0 Å². The van der Waals surface area contributed by atoms with Crippen molar-refractivity contribution in [2.45, 2.75) is 24.9 Å². The van der Waals surface area contributed by atoms with E-state index in [0.29, 0.717) is 6.04 Å². The summed E-state index contributed by atoms with van der Waals surface area (Å²) in [7, 11) is 0. The van der Waals surface area contributed by atoms with Crippen molar-refractivity contribution in [2.75, 3.05) is 6.54 Å². The number of rotatable bonds is 2. The van der Waals surface area contributed by atoms with Crippen molar-refractivity contribution in [3.63, 3.8) is 0 Å². The first-order valence-electron chi connectivity index (χ1n) is 7.06. The minimum absolute atomic E-state index is 0.0212. The van der Waals surface area contributed by atoms with Crippen LogP contribution in [0.2, 0.25) is 0 Å². The van der Waals surface area contributed by atoms with Crippen LogP contribution in [0.5, 0.6) is 0 Å². The van der Waals surface area contributed by atoms with E-state index in [1.54, 1.807) is 15.9 Å². The molecular formula is C15H17N3OS. The molecule has 1 aliphatic carbocycles. The van der Waals surface area contributed by atoms with Crippen LogP contribution in [0.25, 0.3) is 10.4 Å². The van der Waals surface area contributed by atoms with Crippen LogP contribution in [0.15, 0.2) is 36.0 Å². The predicted molar refractivity (Wildman–Crippen MR) is 80.0 cm³/mol. The average Bonchev–Trinajstić information content (AvgIpc) is 3.21. The van der Waals surface area contributed by atoms with Gasteiger partial charge in [-0.1, -0.05) is 6.07 Å². The summed E-state index contributed by atoms with van der Waals surface area (Å²) in [6.45, 7) is 1.11. The van der Waals surface area contributed by atoms with Gasteiger partial charge in [-0.2, -0.15) is 0 Å². The van der Waals surface area contributed by atoms with Gasteiger partial charge in [-0.25, -0.2) is 4.79 Å². The molecule has 5 heteroatoms. The topological polar surface area (TPSA) is 46.1 Å². The molecule has 2 N–H and O–H groups in total. The van der Waals surface area contributed by atoms with Gasteiger partial charge in [0.05, 0.1) is 0 Å². The van der Waals surface area contributed by atoms with E-state index in [2.05, 4.69) is 16.7 Å². The second kappa shape index (κ2) is 4.75. The number of fused-ring (bicyclic) bond motifs is 2. The Morgan fingerprint density at radius 1 is 1.40 bits per heavy atom. The molecule has 2 aromatic heterocycles. The van der Waals surface area contributed by atoms with Crippen LogP contribution in [0.1, 0.15) is 12.8 Å². The van der Waals surface area contributed by atoms with Gasteiger partial charge < -0.3 is 10.6 Å². The number of thiophene rings is 1. The maximum Gasteiger partial charge on any atom is 0.325 e. The largest absolute Gasteiger partial charge is 0.333 e. The number of carbonyl (C=O) groups excluding carboxylic acids is 1. The fourth-order valence-corrected chi connectivity index (χ4v) is 4.08. The predicted octanol–water partition coefficient (Wildman–Crippen LogP) is 2.52. The van der Waals surface area contributed by atoms with Gasteiger partial charge in [-0.3, -0.25) is 4.57 Å². The highest BCUT2D eigenvalue weighted by Gasteiger charge is 2.40. The minimum Gasteiger partial charge on any atom is -0.333 e. The molecular weight excluding hydrogens is 270 g/mol. The Bertz CT molecular complexity index is 619. The Labute approximate surface area is 121 Å². The molecule has 20 heavy (non-hydrogen) atoms. The summed E-state index contributed by atoms with van der Waals surface area (Å²) in [4.78, 5) is 13.5. The van der Waals surface area contributed by atoms with Crippen molar-refractivity contribution < 1.29 is 4.79 Å².